The predicted octanol–water partition coefficient (Wildman–Crippen LogP) is 2.55. The van der Waals surface area contributed by atoms with Crippen LogP contribution in [0.5, 0.6) is 5.75 Å². The minimum atomic E-state index is -0.353. The molecule has 0 amide bonds. The average Bonchev–Trinajstić information content (AvgIpc) is 2.79. The van der Waals surface area contributed by atoms with Crippen LogP contribution in [0.3, 0.4) is 0 Å². The predicted molar refractivity (Wildman–Crippen MR) is 71.5 cm³/mol. The van der Waals surface area contributed by atoms with E-state index >= 15 is 0 Å². The number of rotatable bonds is 5. The number of hydrogen-bond donors (Lipinski definition) is 0. The first-order valence-corrected chi connectivity index (χ1v) is 6.39. The average molecular weight is 262 g/mol. The van der Waals surface area contributed by atoms with E-state index in [9.17, 15) is 4.79 Å². The van der Waals surface area contributed by atoms with Crippen LogP contribution < -0.4 is 4.74 Å². The van der Waals surface area contributed by atoms with Crippen molar-refractivity contribution in [1.82, 2.24) is 9.61 Å². The zero-order valence-electron chi connectivity index (χ0n) is 11.4. The van der Waals surface area contributed by atoms with Crippen LogP contribution in [-0.2, 0) is 4.74 Å². The molecule has 0 aliphatic carbocycles. The number of fused-ring (bicyclic) bond motifs is 1. The number of pyridine rings is 1. The summed E-state index contributed by atoms with van der Waals surface area (Å²) >= 11 is 0. The van der Waals surface area contributed by atoms with Gasteiger partial charge in [-0.15, -0.1) is 0 Å². The Labute approximate surface area is 112 Å². The maximum Gasteiger partial charge on any atom is 0.341 e. The van der Waals surface area contributed by atoms with E-state index in [0.717, 1.165) is 11.3 Å². The van der Waals surface area contributed by atoms with Crippen LogP contribution in [0.4, 0.5) is 0 Å². The lowest BCUT2D eigenvalue weighted by molar-refractivity contribution is 0.0528. The highest BCUT2D eigenvalue weighted by atomic mass is 16.5. The molecule has 0 aromatic carbocycles. The van der Waals surface area contributed by atoms with Crippen LogP contribution in [0.1, 0.15) is 31.1 Å². The molecule has 0 spiro atoms. The molecular formula is C14H18N2O3. The summed E-state index contributed by atoms with van der Waals surface area (Å²) in [7, 11) is 0. The van der Waals surface area contributed by atoms with Crippen LogP contribution in [0, 0.1) is 5.92 Å². The molecule has 0 aliphatic heterocycles. The van der Waals surface area contributed by atoms with Crippen molar-refractivity contribution >= 4 is 11.5 Å². The first kappa shape index (κ1) is 13.4. The van der Waals surface area contributed by atoms with Gasteiger partial charge in [-0.1, -0.05) is 13.8 Å². The monoisotopic (exact) mass is 262 g/mol. The van der Waals surface area contributed by atoms with Crippen LogP contribution in [0.15, 0.2) is 24.5 Å². The second kappa shape index (κ2) is 5.73. The molecular weight excluding hydrogens is 244 g/mol. The summed E-state index contributed by atoms with van der Waals surface area (Å²) < 4.78 is 12.2. The summed E-state index contributed by atoms with van der Waals surface area (Å²) in [4.78, 5) is 11.7. The molecule has 0 radical (unpaired) electrons. The Bertz CT molecular complexity index is 575. The zero-order chi connectivity index (χ0) is 13.8. The largest absolute Gasteiger partial charge is 0.492 e. The van der Waals surface area contributed by atoms with Crippen molar-refractivity contribution in [3.63, 3.8) is 0 Å². The first-order valence-electron chi connectivity index (χ1n) is 6.39. The maximum atomic E-state index is 11.7. The van der Waals surface area contributed by atoms with Crippen LogP contribution >= 0.6 is 0 Å². The molecule has 19 heavy (non-hydrogen) atoms. The summed E-state index contributed by atoms with van der Waals surface area (Å²) in [6.07, 6.45) is 3.28. The van der Waals surface area contributed by atoms with Crippen LogP contribution in [0.2, 0.25) is 0 Å². The summed E-state index contributed by atoms with van der Waals surface area (Å²) in [5, 5.41) is 4.15. The number of nitrogens with zero attached hydrogens (tertiary/aromatic N) is 2. The Morgan fingerprint density at radius 1 is 1.42 bits per heavy atom. The number of aromatic nitrogens is 2. The minimum Gasteiger partial charge on any atom is -0.492 e. The number of carbonyl (C=O) groups excluding carboxylic acids is 1. The van der Waals surface area contributed by atoms with E-state index in [2.05, 4.69) is 18.9 Å². The molecule has 0 aliphatic rings. The van der Waals surface area contributed by atoms with Gasteiger partial charge < -0.3 is 9.47 Å². The second-order valence-electron chi connectivity index (χ2n) is 4.68. The highest BCUT2D eigenvalue weighted by Crippen LogP contribution is 2.17. The third-order valence-corrected chi connectivity index (χ3v) is 2.57. The fourth-order valence-corrected chi connectivity index (χ4v) is 1.68. The molecule has 2 rings (SSSR count). The lowest BCUT2D eigenvalue weighted by Gasteiger charge is -2.08. The van der Waals surface area contributed by atoms with E-state index in [-0.39, 0.29) is 5.97 Å². The molecule has 2 heterocycles. The molecule has 102 valence electrons. The standard InChI is InChI=1S/C14H18N2O3/c1-4-18-14(17)12-7-15-16-8-11(5-6-13(12)16)19-9-10(2)3/h5-8,10H,4,9H2,1-3H3. The SMILES string of the molecule is CCOC(=O)c1cnn2cc(OCC(C)C)ccc12. The molecule has 5 nitrogen and oxygen atoms in total. The fraction of sp³-hybridized carbons (Fsp3) is 0.429. The Balaban J connectivity index is 2.24. The first-order chi connectivity index (χ1) is 9.11. The van der Waals surface area contributed by atoms with Crippen molar-refractivity contribution in [3.8, 4) is 5.75 Å². The summed E-state index contributed by atoms with van der Waals surface area (Å²) in [5.41, 5.74) is 1.19. The topological polar surface area (TPSA) is 52.8 Å². The molecule has 0 saturated heterocycles. The van der Waals surface area contributed by atoms with Gasteiger partial charge in [-0.2, -0.15) is 5.10 Å². The van der Waals surface area contributed by atoms with E-state index in [1.165, 1.54) is 6.20 Å². The summed E-state index contributed by atoms with van der Waals surface area (Å²) in [5.74, 6) is 0.844. The molecule has 0 fully saturated rings. The second-order valence-corrected chi connectivity index (χ2v) is 4.68. The Kier molecular flexibility index (Phi) is 4.04. The van der Waals surface area contributed by atoms with Gasteiger partial charge in [0.25, 0.3) is 0 Å². The normalized spacial score (nSPS) is 10.9. The maximum absolute atomic E-state index is 11.7. The molecule has 0 bridgehead atoms. The third kappa shape index (κ3) is 3.05. The van der Waals surface area contributed by atoms with Crippen molar-refractivity contribution in [2.45, 2.75) is 20.8 Å². The Morgan fingerprint density at radius 3 is 2.89 bits per heavy atom. The van der Waals surface area contributed by atoms with Crippen LogP contribution in [0.25, 0.3) is 5.52 Å². The van der Waals surface area contributed by atoms with E-state index in [1.807, 2.05) is 12.1 Å². The molecule has 0 saturated carbocycles. The minimum absolute atomic E-state index is 0.353. The molecule has 5 heteroatoms. The molecule has 2 aromatic rings. The van der Waals surface area contributed by atoms with Gasteiger partial charge >= 0.3 is 5.97 Å². The van der Waals surface area contributed by atoms with Crippen molar-refractivity contribution in [3.05, 3.63) is 30.1 Å². The molecule has 0 atom stereocenters. The lowest BCUT2D eigenvalue weighted by atomic mass is 10.2. The highest BCUT2D eigenvalue weighted by molar-refractivity contribution is 5.96. The fourth-order valence-electron chi connectivity index (χ4n) is 1.68. The third-order valence-electron chi connectivity index (χ3n) is 2.57. The smallest absolute Gasteiger partial charge is 0.341 e. The quantitative estimate of drug-likeness (QED) is 0.777. The summed E-state index contributed by atoms with van der Waals surface area (Å²) in [6, 6.07) is 3.65. The molecule has 2 aromatic heterocycles. The van der Waals surface area contributed by atoms with E-state index in [1.54, 1.807) is 17.6 Å². The lowest BCUT2D eigenvalue weighted by Crippen LogP contribution is -2.06. The van der Waals surface area contributed by atoms with Gasteiger partial charge in [0.15, 0.2) is 0 Å². The van der Waals surface area contributed by atoms with Crippen LogP contribution in [-0.4, -0.2) is 28.8 Å². The van der Waals surface area contributed by atoms with E-state index < -0.39 is 0 Å². The van der Waals surface area contributed by atoms with Crippen molar-refractivity contribution in [2.24, 2.45) is 5.92 Å². The summed E-state index contributed by atoms with van der Waals surface area (Å²) in [6.45, 7) is 6.96. The van der Waals surface area contributed by atoms with Crippen molar-refractivity contribution in [1.29, 1.82) is 0 Å². The van der Waals surface area contributed by atoms with Gasteiger partial charge in [0, 0.05) is 0 Å². The highest BCUT2D eigenvalue weighted by Gasteiger charge is 2.13. The van der Waals surface area contributed by atoms with Gasteiger partial charge in [0.2, 0.25) is 0 Å². The van der Waals surface area contributed by atoms with Gasteiger partial charge in [0.05, 0.1) is 31.1 Å². The Morgan fingerprint density at radius 2 is 2.21 bits per heavy atom. The Hall–Kier alpha value is -2.04. The zero-order valence-corrected chi connectivity index (χ0v) is 11.4. The van der Waals surface area contributed by atoms with Crippen molar-refractivity contribution in [2.75, 3.05) is 13.2 Å². The van der Waals surface area contributed by atoms with Gasteiger partial charge in [-0.3, -0.25) is 0 Å². The molecule has 0 N–H and O–H groups in total. The van der Waals surface area contributed by atoms with Gasteiger partial charge in [-0.25, -0.2) is 9.31 Å². The van der Waals surface area contributed by atoms with Crippen molar-refractivity contribution < 1.29 is 14.3 Å². The van der Waals surface area contributed by atoms with Gasteiger partial charge in [-0.05, 0) is 25.0 Å². The number of ether oxygens (including phenoxy) is 2. The number of esters is 1. The van der Waals surface area contributed by atoms with E-state index in [0.29, 0.717) is 24.7 Å². The number of hydrogen-bond acceptors (Lipinski definition) is 4. The number of carbonyl (C=O) groups is 1. The molecule has 0 unspecified atom stereocenters. The van der Waals surface area contributed by atoms with Gasteiger partial charge in [0.1, 0.15) is 11.3 Å². The van der Waals surface area contributed by atoms with E-state index in [4.69, 9.17) is 9.47 Å².